The highest BCUT2D eigenvalue weighted by Gasteiger charge is 2.14. The van der Waals surface area contributed by atoms with E-state index in [2.05, 4.69) is 83.6 Å². The van der Waals surface area contributed by atoms with Crippen LogP contribution in [0.5, 0.6) is 0 Å². The maximum atomic E-state index is 6.02. The third-order valence-electron chi connectivity index (χ3n) is 5.50. The molecule has 2 heterocycles. The molecule has 0 saturated heterocycles. The number of hydrogen-bond acceptors (Lipinski definition) is 2. The molecule has 2 nitrogen and oxygen atoms in total. The van der Waals surface area contributed by atoms with E-state index >= 15 is 0 Å². The standard InChI is InChI=1S/C25H17NOS/c1-28-17-11-12-23-20(15-17)18-6-2-4-8-22(18)26(23)16-10-13-25-21(14-16)19-7-3-5-9-24(19)27-25/h2-15H,1H3. The van der Waals surface area contributed by atoms with Crippen molar-refractivity contribution in [1.82, 2.24) is 4.57 Å². The number of nitrogens with zero attached hydrogens (tertiary/aromatic N) is 1. The Balaban J connectivity index is 1.72. The fraction of sp³-hybridized carbons (Fsp3) is 0.0400. The van der Waals surface area contributed by atoms with E-state index in [4.69, 9.17) is 4.42 Å². The first-order valence-corrected chi connectivity index (χ1v) is 10.5. The van der Waals surface area contributed by atoms with Gasteiger partial charge in [0.25, 0.3) is 0 Å². The predicted molar refractivity (Wildman–Crippen MR) is 120 cm³/mol. The van der Waals surface area contributed by atoms with E-state index in [-0.39, 0.29) is 0 Å². The van der Waals surface area contributed by atoms with E-state index in [9.17, 15) is 0 Å². The van der Waals surface area contributed by atoms with Crippen LogP contribution >= 0.6 is 11.8 Å². The van der Waals surface area contributed by atoms with Crippen molar-refractivity contribution in [3.05, 3.63) is 84.9 Å². The van der Waals surface area contributed by atoms with Crippen LogP contribution in [0.2, 0.25) is 0 Å². The molecule has 0 amide bonds. The van der Waals surface area contributed by atoms with E-state index in [1.807, 2.05) is 12.1 Å². The summed E-state index contributed by atoms with van der Waals surface area (Å²) in [6, 6.07) is 30.1. The van der Waals surface area contributed by atoms with Gasteiger partial charge in [-0.3, -0.25) is 0 Å². The second-order valence-electron chi connectivity index (χ2n) is 7.01. The lowest BCUT2D eigenvalue weighted by Gasteiger charge is -2.08. The molecule has 6 aromatic rings. The smallest absolute Gasteiger partial charge is 0.135 e. The average Bonchev–Trinajstić information content (AvgIpc) is 3.28. The molecule has 4 aromatic carbocycles. The van der Waals surface area contributed by atoms with E-state index < -0.39 is 0 Å². The highest BCUT2D eigenvalue weighted by molar-refractivity contribution is 7.98. The quantitative estimate of drug-likeness (QED) is 0.292. The first-order valence-electron chi connectivity index (χ1n) is 9.32. The van der Waals surface area contributed by atoms with E-state index in [0.29, 0.717) is 0 Å². The van der Waals surface area contributed by atoms with Gasteiger partial charge in [0.15, 0.2) is 0 Å². The molecule has 28 heavy (non-hydrogen) atoms. The minimum atomic E-state index is 0.926. The minimum Gasteiger partial charge on any atom is -0.456 e. The largest absolute Gasteiger partial charge is 0.456 e. The van der Waals surface area contributed by atoms with Crippen LogP contribution in [0.1, 0.15) is 0 Å². The molecule has 0 aliphatic carbocycles. The summed E-state index contributed by atoms with van der Waals surface area (Å²) >= 11 is 1.78. The molecule has 0 bridgehead atoms. The van der Waals surface area contributed by atoms with Crippen molar-refractivity contribution in [1.29, 1.82) is 0 Å². The Bertz CT molecular complexity index is 1510. The highest BCUT2D eigenvalue weighted by Crippen LogP contribution is 2.36. The molecule has 0 atom stereocenters. The average molecular weight is 379 g/mol. The monoisotopic (exact) mass is 379 g/mol. The van der Waals surface area contributed by atoms with Gasteiger partial charge in [-0.1, -0.05) is 36.4 Å². The van der Waals surface area contributed by atoms with Gasteiger partial charge in [-0.05, 0) is 54.8 Å². The van der Waals surface area contributed by atoms with Gasteiger partial charge in [-0.25, -0.2) is 0 Å². The summed E-state index contributed by atoms with van der Waals surface area (Å²) in [7, 11) is 0. The summed E-state index contributed by atoms with van der Waals surface area (Å²) in [5.41, 5.74) is 5.47. The Kier molecular flexibility index (Phi) is 3.35. The zero-order chi connectivity index (χ0) is 18.7. The molecular weight excluding hydrogens is 362 g/mol. The third-order valence-corrected chi connectivity index (χ3v) is 6.22. The summed E-state index contributed by atoms with van der Waals surface area (Å²) in [6.07, 6.45) is 2.12. The van der Waals surface area contributed by atoms with Gasteiger partial charge in [0.05, 0.1) is 11.0 Å². The lowest BCUT2D eigenvalue weighted by Crippen LogP contribution is -1.93. The van der Waals surface area contributed by atoms with E-state index in [1.54, 1.807) is 11.8 Å². The number of benzene rings is 4. The molecular formula is C25H17NOS. The topological polar surface area (TPSA) is 18.1 Å². The van der Waals surface area contributed by atoms with Gasteiger partial charge in [0, 0.05) is 32.1 Å². The summed E-state index contributed by atoms with van der Waals surface area (Å²) < 4.78 is 8.38. The summed E-state index contributed by atoms with van der Waals surface area (Å²) in [5, 5.41) is 4.88. The highest BCUT2D eigenvalue weighted by atomic mass is 32.2. The molecule has 0 spiro atoms. The number of rotatable bonds is 2. The van der Waals surface area contributed by atoms with Gasteiger partial charge >= 0.3 is 0 Å². The minimum absolute atomic E-state index is 0.926. The number of fused-ring (bicyclic) bond motifs is 6. The van der Waals surface area contributed by atoms with E-state index in [0.717, 1.165) is 27.6 Å². The molecule has 3 heteroatoms. The van der Waals surface area contributed by atoms with Crippen molar-refractivity contribution in [2.45, 2.75) is 4.90 Å². The number of furan rings is 1. The molecule has 0 fully saturated rings. The van der Waals surface area contributed by atoms with Crippen LogP contribution in [-0.4, -0.2) is 10.8 Å². The van der Waals surface area contributed by atoms with Crippen LogP contribution in [0.3, 0.4) is 0 Å². The molecule has 134 valence electrons. The molecule has 0 radical (unpaired) electrons. The first kappa shape index (κ1) is 15.8. The number of hydrogen-bond donors (Lipinski definition) is 0. The maximum absolute atomic E-state index is 6.02. The molecule has 2 aromatic heterocycles. The second-order valence-corrected chi connectivity index (χ2v) is 7.89. The molecule has 0 aliphatic rings. The van der Waals surface area contributed by atoms with Crippen molar-refractivity contribution in [2.75, 3.05) is 6.26 Å². The SMILES string of the molecule is CSc1ccc2c(c1)c1ccccc1n2-c1ccc2oc3ccccc3c2c1. The van der Waals surface area contributed by atoms with Crippen LogP contribution in [0.15, 0.2) is 94.2 Å². The normalized spacial score (nSPS) is 11.9. The summed E-state index contributed by atoms with van der Waals surface area (Å²) in [4.78, 5) is 1.28. The van der Waals surface area contributed by atoms with Gasteiger partial charge in [0.1, 0.15) is 11.2 Å². The molecule has 0 aliphatic heterocycles. The van der Waals surface area contributed by atoms with Gasteiger partial charge < -0.3 is 8.98 Å². The van der Waals surface area contributed by atoms with Crippen LogP contribution in [0.4, 0.5) is 0 Å². The van der Waals surface area contributed by atoms with Crippen LogP contribution in [0, 0.1) is 0 Å². The lowest BCUT2D eigenvalue weighted by molar-refractivity contribution is 0.669. The van der Waals surface area contributed by atoms with Crippen molar-refractivity contribution in [3.63, 3.8) is 0 Å². The van der Waals surface area contributed by atoms with Crippen LogP contribution < -0.4 is 0 Å². The summed E-state index contributed by atoms with van der Waals surface area (Å²) in [6.45, 7) is 0. The van der Waals surface area contributed by atoms with Crippen molar-refractivity contribution in [2.24, 2.45) is 0 Å². The van der Waals surface area contributed by atoms with Gasteiger partial charge in [-0.2, -0.15) is 0 Å². The number of para-hydroxylation sites is 2. The first-order chi connectivity index (χ1) is 13.8. The molecule has 6 rings (SSSR count). The second kappa shape index (κ2) is 5.91. The number of aromatic nitrogens is 1. The van der Waals surface area contributed by atoms with Crippen molar-refractivity contribution in [3.8, 4) is 5.69 Å². The Morgan fingerprint density at radius 1 is 0.643 bits per heavy atom. The van der Waals surface area contributed by atoms with Gasteiger partial charge in [0.2, 0.25) is 0 Å². The van der Waals surface area contributed by atoms with Gasteiger partial charge in [-0.15, -0.1) is 11.8 Å². The predicted octanol–water partition coefficient (Wildman–Crippen LogP) is 7.41. The zero-order valence-electron chi connectivity index (χ0n) is 15.3. The third kappa shape index (κ3) is 2.17. The fourth-order valence-electron chi connectivity index (χ4n) is 4.21. The number of thioether (sulfide) groups is 1. The lowest BCUT2D eigenvalue weighted by atomic mass is 10.1. The Morgan fingerprint density at radius 2 is 1.39 bits per heavy atom. The fourth-order valence-corrected chi connectivity index (χ4v) is 4.65. The zero-order valence-corrected chi connectivity index (χ0v) is 16.2. The maximum Gasteiger partial charge on any atom is 0.135 e. The van der Waals surface area contributed by atoms with Crippen LogP contribution in [-0.2, 0) is 0 Å². The Hall–Kier alpha value is -3.17. The Morgan fingerprint density at radius 3 is 2.29 bits per heavy atom. The van der Waals surface area contributed by atoms with Crippen LogP contribution in [0.25, 0.3) is 49.4 Å². The Labute approximate surface area is 166 Å². The van der Waals surface area contributed by atoms with Crippen molar-refractivity contribution < 1.29 is 4.42 Å². The van der Waals surface area contributed by atoms with E-state index in [1.165, 1.54) is 26.7 Å². The molecule has 0 saturated carbocycles. The molecule has 0 unspecified atom stereocenters. The van der Waals surface area contributed by atoms with Crippen molar-refractivity contribution >= 4 is 55.5 Å². The molecule has 0 N–H and O–H groups in total. The summed E-state index contributed by atoms with van der Waals surface area (Å²) in [5.74, 6) is 0.